The molecule has 2 nitrogen and oxygen atoms in total. The Hall–Kier alpha value is -2.35. The summed E-state index contributed by atoms with van der Waals surface area (Å²) >= 11 is 0. The van der Waals surface area contributed by atoms with Crippen molar-refractivity contribution in [2.24, 2.45) is 0 Å². The number of carbonyl (C=O) groups excluding carboxylic acids is 1. The standard InChI is InChI=1S/C19H20O2/c1-15(16-10-6-4-7-11-16)14-19(2,18(20)21-3)17-12-8-5-9-13-17/h4-13H,1,14H2,2-3H3. The molecule has 0 aliphatic carbocycles. The second-order valence-electron chi connectivity index (χ2n) is 5.34. The number of rotatable bonds is 5. The van der Waals surface area contributed by atoms with Gasteiger partial charge in [-0.25, -0.2) is 0 Å². The van der Waals surface area contributed by atoms with Gasteiger partial charge in [0.05, 0.1) is 12.5 Å². The smallest absolute Gasteiger partial charge is 0.316 e. The van der Waals surface area contributed by atoms with Crippen molar-refractivity contribution in [3.8, 4) is 0 Å². The minimum atomic E-state index is -0.733. The summed E-state index contributed by atoms with van der Waals surface area (Å²) < 4.78 is 5.03. The van der Waals surface area contributed by atoms with Crippen molar-refractivity contribution in [3.63, 3.8) is 0 Å². The average Bonchev–Trinajstić information content (AvgIpc) is 2.55. The molecular weight excluding hydrogens is 260 g/mol. The van der Waals surface area contributed by atoms with Gasteiger partial charge in [0, 0.05) is 0 Å². The van der Waals surface area contributed by atoms with E-state index < -0.39 is 5.41 Å². The summed E-state index contributed by atoms with van der Waals surface area (Å²) in [4.78, 5) is 12.3. The Morgan fingerprint density at radius 1 is 1.05 bits per heavy atom. The molecule has 2 heteroatoms. The molecule has 2 aromatic carbocycles. The first-order valence-electron chi connectivity index (χ1n) is 6.95. The Kier molecular flexibility index (Phi) is 4.59. The summed E-state index contributed by atoms with van der Waals surface area (Å²) in [5, 5.41) is 0. The lowest BCUT2D eigenvalue weighted by Gasteiger charge is -2.28. The van der Waals surface area contributed by atoms with Gasteiger partial charge in [-0.15, -0.1) is 0 Å². The molecule has 108 valence electrons. The first-order chi connectivity index (χ1) is 10.1. The van der Waals surface area contributed by atoms with Crippen LogP contribution in [0, 0.1) is 0 Å². The third kappa shape index (κ3) is 3.22. The highest BCUT2D eigenvalue weighted by molar-refractivity contribution is 5.85. The summed E-state index contributed by atoms with van der Waals surface area (Å²) in [5.74, 6) is -0.245. The maximum Gasteiger partial charge on any atom is 0.316 e. The number of hydrogen-bond acceptors (Lipinski definition) is 2. The van der Waals surface area contributed by atoms with Crippen molar-refractivity contribution < 1.29 is 9.53 Å². The first kappa shape index (κ1) is 15.0. The Bertz CT molecular complexity index is 617. The van der Waals surface area contributed by atoms with E-state index in [1.54, 1.807) is 0 Å². The zero-order chi connectivity index (χ0) is 15.3. The Morgan fingerprint density at radius 3 is 2.10 bits per heavy atom. The fourth-order valence-corrected chi connectivity index (χ4v) is 2.53. The van der Waals surface area contributed by atoms with Crippen LogP contribution in [0.1, 0.15) is 24.5 Å². The van der Waals surface area contributed by atoms with Crippen LogP contribution in [0.25, 0.3) is 5.57 Å². The van der Waals surface area contributed by atoms with Crippen LogP contribution < -0.4 is 0 Å². The number of benzene rings is 2. The van der Waals surface area contributed by atoms with Crippen molar-refractivity contribution in [2.75, 3.05) is 7.11 Å². The van der Waals surface area contributed by atoms with Crippen molar-refractivity contribution in [3.05, 3.63) is 78.4 Å². The molecule has 0 spiro atoms. The molecule has 0 aliphatic heterocycles. The van der Waals surface area contributed by atoms with Crippen molar-refractivity contribution >= 4 is 11.5 Å². The van der Waals surface area contributed by atoms with Gasteiger partial charge in [-0.2, -0.15) is 0 Å². The van der Waals surface area contributed by atoms with Crippen molar-refractivity contribution in [2.45, 2.75) is 18.8 Å². The zero-order valence-electron chi connectivity index (χ0n) is 12.5. The maximum atomic E-state index is 12.3. The molecule has 0 saturated carbocycles. The molecule has 1 atom stereocenters. The largest absolute Gasteiger partial charge is 0.468 e. The molecule has 2 rings (SSSR count). The molecule has 0 amide bonds. The minimum absolute atomic E-state index is 0.245. The molecule has 0 saturated heterocycles. The van der Waals surface area contributed by atoms with Gasteiger partial charge in [0.15, 0.2) is 0 Å². The van der Waals surface area contributed by atoms with Gasteiger partial charge in [-0.1, -0.05) is 67.2 Å². The second kappa shape index (κ2) is 6.40. The summed E-state index contributed by atoms with van der Waals surface area (Å²) in [5.41, 5.74) is 2.17. The number of allylic oxidation sites excluding steroid dienone is 1. The number of carbonyl (C=O) groups is 1. The third-order valence-corrected chi connectivity index (χ3v) is 3.80. The molecule has 0 fully saturated rings. The van der Waals surface area contributed by atoms with E-state index in [4.69, 9.17) is 4.74 Å². The molecule has 0 heterocycles. The van der Waals surface area contributed by atoms with Gasteiger partial charge < -0.3 is 4.74 Å². The number of methoxy groups -OCH3 is 1. The monoisotopic (exact) mass is 280 g/mol. The number of esters is 1. The van der Waals surface area contributed by atoms with Crippen LogP contribution in [-0.4, -0.2) is 13.1 Å². The number of hydrogen-bond donors (Lipinski definition) is 0. The van der Waals surface area contributed by atoms with E-state index in [0.717, 1.165) is 16.7 Å². The van der Waals surface area contributed by atoms with Gasteiger partial charge in [-0.3, -0.25) is 4.79 Å². The van der Waals surface area contributed by atoms with Crippen molar-refractivity contribution in [1.82, 2.24) is 0 Å². The van der Waals surface area contributed by atoms with Gasteiger partial charge in [0.25, 0.3) is 0 Å². The van der Waals surface area contributed by atoms with E-state index in [2.05, 4.69) is 6.58 Å². The highest BCUT2D eigenvalue weighted by Crippen LogP contribution is 2.35. The lowest BCUT2D eigenvalue weighted by Crippen LogP contribution is -2.34. The third-order valence-electron chi connectivity index (χ3n) is 3.80. The minimum Gasteiger partial charge on any atom is -0.468 e. The van der Waals surface area contributed by atoms with E-state index in [9.17, 15) is 4.79 Å². The van der Waals surface area contributed by atoms with Crippen LogP contribution in [0.2, 0.25) is 0 Å². The van der Waals surface area contributed by atoms with Gasteiger partial charge in [0.1, 0.15) is 0 Å². The fourth-order valence-electron chi connectivity index (χ4n) is 2.53. The highest BCUT2D eigenvalue weighted by atomic mass is 16.5. The second-order valence-corrected chi connectivity index (χ2v) is 5.34. The predicted octanol–water partition coefficient (Wildman–Crippen LogP) is 4.22. The van der Waals surface area contributed by atoms with Crippen LogP contribution in [-0.2, 0) is 14.9 Å². The van der Waals surface area contributed by atoms with Crippen LogP contribution >= 0.6 is 0 Å². The van der Waals surface area contributed by atoms with Gasteiger partial charge in [-0.05, 0) is 30.0 Å². The Labute approximate surface area is 126 Å². The van der Waals surface area contributed by atoms with E-state index >= 15 is 0 Å². The maximum absolute atomic E-state index is 12.3. The topological polar surface area (TPSA) is 26.3 Å². The Morgan fingerprint density at radius 2 is 1.57 bits per heavy atom. The average molecular weight is 280 g/mol. The molecule has 0 bridgehead atoms. The molecule has 0 radical (unpaired) electrons. The summed E-state index contributed by atoms with van der Waals surface area (Å²) in [6.45, 7) is 6.05. The molecule has 0 N–H and O–H groups in total. The van der Waals surface area contributed by atoms with E-state index in [1.165, 1.54) is 7.11 Å². The molecule has 0 aliphatic rings. The Balaban J connectivity index is 2.34. The van der Waals surface area contributed by atoms with E-state index in [-0.39, 0.29) is 5.97 Å². The molecular formula is C19H20O2. The lowest BCUT2D eigenvalue weighted by atomic mass is 9.76. The van der Waals surface area contributed by atoms with Crippen LogP contribution in [0.4, 0.5) is 0 Å². The van der Waals surface area contributed by atoms with Crippen molar-refractivity contribution in [1.29, 1.82) is 0 Å². The molecule has 21 heavy (non-hydrogen) atoms. The summed E-state index contributed by atoms with van der Waals surface area (Å²) in [6, 6.07) is 19.6. The summed E-state index contributed by atoms with van der Waals surface area (Å²) in [6.07, 6.45) is 0.522. The molecule has 2 aromatic rings. The highest BCUT2D eigenvalue weighted by Gasteiger charge is 2.36. The SMILES string of the molecule is C=C(CC(C)(C(=O)OC)c1ccccc1)c1ccccc1. The summed E-state index contributed by atoms with van der Waals surface area (Å²) in [7, 11) is 1.43. The van der Waals surface area contributed by atoms with E-state index in [1.807, 2.05) is 67.6 Å². The van der Waals surface area contributed by atoms with Gasteiger partial charge >= 0.3 is 5.97 Å². The van der Waals surface area contributed by atoms with E-state index in [0.29, 0.717) is 6.42 Å². The van der Waals surface area contributed by atoms with Gasteiger partial charge in [0.2, 0.25) is 0 Å². The fraction of sp³-hybridized carbons (Fsp3) is 0.211. The van der Waals surface area contributed by atoms with Crippen LogP contribution in [0.5, 0.6) is 0 Å². The van der Waals surface area contributed by atoms with Crippen LogP contribution in [0.3, 0.4) is 0 Å². The lowest BCUT2D eigenvalue weighted by molar-refractivity contribution is -0.146. The zero-order valence-corrected chi connectivity index (χ0v) is 12.5. The van der Waals surface area contributed by atoms with Crippen LogP contribution in [0.15, 0.2) is 67.2 Å². The molecule has 1 unspecified atom stereocenters. The number of ether oxygens (including phenoxy) is 1. The quantitative estimate of drug-likeness (QED) is 0.766. The first-order valence-corrected chi connectivity index (χ1v) is 6.95. The predicted molar refractivity (Wildman–Crippen MR) is 85.9 cm³/mol. The normalized spacial score (nSPS) is 13.2. The molecule has 0 aromatic heterocycles.